The highest BCUT2D eigenvalue weighted by atomic mass is 19.1. The van der Waals surface area contributed by atoms with Gasteiger partial charge in [0.05, 0.1) is 5.57 Å². The Morgan fingerprint density at radius 2 is 1.58 bits per heavy atom. The number of benzene rings is 2. The van der Waals surface area contributed by atoms with Crippen LogP contribution in [0.2, 0.25) is 0 Å². The van der Waals surface area contributed by atoms with E-state index in [-0.39, 0.29) is 17.4 Å². The van der Waals surface area contributed by atoms with Gasteiger partial charge in [-0.25, -0.2) is 4.39 Å². The van der Waals surface area contributed by atoms with E-state index in [9.17, 15) is 14.0 Å². The van der Waals surface area contributed by atoms with Crippen molar-refractivity contribution in [2.45, 2.75) is 13.8 Å². The van der Waals surface area contributed by atoms with Crippen molar-refractivity contribution in [3.05, 3.63) is 70.7 Å². The molecule has 1 aliphatic heterocycles. The lowest BCUT2D eigenvalue weighted by Crippen LogP contribution is -2.27. The normalized spacial score (nSPS) is 14.6. The van der Waals surface area contributed by atoms with Crippen molar-refractivity contribution < 1.29 is 14.0 Å². The average Bonchev–Trinajstić information content (AvgIpc) is 2.77. The summed E-state index contributed by atoms with van der Waals surface area (Å²) >= 11 is 0. The Kier molecular flexibility index (Phi) is 3.93. The van der Waals surface area contributed by atoms with Crippen molar-refractivity contribution >= 4 is 23.1 Å². The van der Waals surface area contributed by atoms with Crippen molar-refractivity contribution in [3.8, 4) is 0 Å². The summed E-state index contributed by atoms with van der Waals surface area (Å²) in [6.07, 6.45) is 0. The summed E-state index contributed by atoms with van der Waals surface area (Å²) in [5, 5.41) is 2.96. The molecule has 0 unspecified atom stereocenters. The van der Waals surface area contributed by atoms with E-state index in [4.69, 9.17) is 0 Å². The Labute approximate surface area is 139 Å². The molecule has 0 saturated carbocycles. The fraction of sp³-hybridized carbons (Fsp3) is 0.158. The molecule has 2 aromatic carbocycles. The third-order valence-corrected chi connectivity index (χ3v) is 4.20. The Morgan fingerprint density at radius 3 is 2.21 bits per heavy atom. The van der Waals surface area contributed by atoms with Crippen molar-refractivity contribution in [1.29, 1.82) is 0 Å². The Morgan fingerprint density at radius 1 is 0.917 bits per heavy atom. The third kappa shape index (κ3) is 2.69. The number of imide groups is 1. The van der Waals surface area contributed by atoms with Crippen LogP contribution in [0.25, 0.3) is 5.57 Å². The Hall–Kier alpha value is -2.95. The predicted octanol–water partition coefficient (Wildman–Crippen LogP) is 3.26. The molecule has 0 bridgehead atoms. The first-order valence-corrected chi connectivity index (χ1v) is 7.55. The highest BCUT2D eigenvalue weighted by Crippen LogP contribution is 2.30. The number of nitrogens with zero attached hydrogens (tertiary/aromatic N) is 1. The van der Waals surface area contributed by atoms with Gasteiger partial charge in [-0.1, -0.05) is 18.2 Å². The van der Waals surface area contributed by atoms with Crippen LogP contribution in [0.5, 0.6) is 0 Å². The molecule has 0 aliphatic carbocycles. The predicted molar refractivity (Wildman–Crippen MR) is 90.6 cm³/mol. The fourth-order valence-corrected chi connectivity index (χ4v) is 2.60. The monoisotopic (exact) mass is 324 g/mol. The molecule has 2 amide bonds. The summed E-state index contributed by atoms with van der Waals surface area (Å²) in [5.41, 5.74) is 3.91. The van der Waals surface area contributed by atoms with E-state index in [1.165, 1.54) is 31.3 Å². The maximum Gasteiger partial charge on any atom is 0.277 e. The van der Waals surface area contributed by atoms with Crippen molar-refractivity contribution in [3.63, 3.8) is 0 Å². The van der Waals surface area contributed by atoms with Crippen LogP contribution < -0.4 is 5.32 Å². The van der Waals surface area contributed by atoms with Gasteiger partial charge < -0.3 is 5.32 Å². The third-order valence-electron chi connectivity index (χ3n) is 4.20. The Bertz CT molecular complexity index is 869. The van der Waals surface area contributed by atoms with Crippen LogP contribution in [-0.2, 0) is 9.59 Å². The van der Waals surface area contributed by atoms with Crippen LogP contribution in [0.1, 0.15) is 16.7 Å². The van der Waals surface area contributed by atoms with Gasteiger partial charge in [-0.2, -0.15) is 0 Å². The Balaban J connectivity index is 2.09. The first-order chi connectivity index (χ1) is 11.4. The molecule has 0 atom stereocenters. The minimum absolute atomic E-state index is 0.206. The van der Waals surface area contributed by atoms with Gasteiger partial charge in [-0.3, -0.25) is 14.5 Å². The van der Waals surface area contributed by atoms with E-state index in [1.54, 1.807) is 0 Å². The number of anilines is 1. The maximum absolute atomic E-state index is 13.1. The second-order valence-electron chi connectivity index (χ2n) is 5.85. The van der Waals surface area contributed by atoms with Crippen molar-refractivity contribution in [2.24, 2.45) is 0 Å². The smallest absolute Gasteiger partial charge is 0.277 e. The SMILES string of the molecule is Cc1ccc(C2=C(Nc3ccc(F)cc3)C(=O)N(C)C2=O)cc1C. The molecule has 0 spiro atoms. The second-order valence-corrected chi connectivity index (χ2v) is 5.85. The molecule has 0 fully saturated rings. The summed E-state index contributed by atoms with van der Waals surface area (Å²) < 4.78 is 13.1. The molecule has 3 rings (SSSR count). The molecule has 1 aliphatic rings. The van der Waals surface area contributed by atoms with Gasteiger partial charge in [-0.05, 0) is 54.8 Å². The molecule has 0 aromatic heterocycles. The van der Waals surface area contributed by atoms with Crippen LogP contribution in [0.4, 0.5) is 10.1 Å². The number of hydrogen-bond acceptors (Lipinski definition) is 3. The van der Waals surface area contributed by atoms with E-state index in [1.807, 2.05) is 32.0 Å². The second kappa shape index (κ2) is 5.92. The first-order valence-electron chi connectivity index (χ1n) is 7.55. The quantitative estimate of drug-likeness (QED) is 0.882. The standard InChI is InChI=1S/C19H17FN2O2/c1-11-4-5-13(10-12(11)2)16-17(19(24)22(3)18(16)23)21-15-8-6-14(20)7-9-15/h4-10,21H,1-3H3. The van der Waals surface area contributed by atoms with Gasteiger partial charge in [0, 0.05) is 12.7 Å². The number of likely N-dealkylation sites (N-methyl/N-ethyl adjacent to an activating group) is 1. The van der Waals surface area contributed by atoms with E-state index in [0.29, 0.717) is 16.8 Å². The fourth-order valence-electron chi connectivity index (χ4n) is 2.60. The van der Waals surface area contributed by atoms with Gasteiger partial charge in [0.2, 0.25) is 0 Å². The number of hydrogen-bond donors (Lipinski definition) is 1. The van der Waals surface area contributed by atoms with Crippen LogP contribution >= 0.6 is 0 Å². The van der Waals surface area contributed by atoms with E-state index in [2.05, 4.69) is 5.32 Å². The lowest BCUT2D eigenvalue weighted by Gasteiger charge is -2.09. The maximum atomic E-state index is 13.1. The van der Waals surface area contributed by atoms with Crippen molar-refractivity contribution in [2.75, 3.05) is 12.4 Å². The minimum Gasteiger partial charge on any atom is -0.350 e. The average molecular weight is 324 g/mol. The van der Waals surface area contributed by atoms with E-state index < -0.39 is 5.91 Å². The summed E-state index contributed by atoms with van der Waals surface area (Å²) in [6, 6.07) is 11.3. The number of halogens is 1. The zero-order valence-electron chi connectivity index (χ0n) is 13.7. The number of amides is 2. The minimum atomic E-state index is -0.405. The summed E-state index contributed by atoms with van der Waals surface area (Å²) in [5.74, 6) is -1.12. The molecule has 1 N–H and O–H groups in total. The molecule has 4 nitrogen and oxygen atoms in total. The summed E-state index contributed by atoms with van der Waals surface area (Å²) in [4.78, 5) is 26.0. The highest BCUT2D eigenvalue weighted by Gasteiger charge is 2.36. The largest absolute Gasteiger partial charge is 0.350 e. The number of rotatable bonds is 3. The van der Waals surface area contributed by atoms with Gasteiger partial charge in [0.15, 0.2) is 0 Å². The summed E-state index contributed by atoms with van der Waals surface area (Å²) in [6.45, 7) is 3.94. The van der Waals surface area contributed by atoms with Gasteiger partial charge in [0.1, 0.15) is 11.5 Å². The number of nitrogens with one attached hydrogen (secondary N) is 1. The molecule has 5 heteroatoms. The lowest BCUT2D eigenvalue weighted by atomic mass is 9.99. The molecular formula is C19H17FN2O2. The molecule has 122 valence electrons. The van der Waals surface area contributed by atoms with Crippen LogP contribution in [0.3, 0.4) is 0 Å². The van der Waals surface area contributed by atoms with E-state index in [0.717, 1.165) is 16.0 Å². The zero-order chi connectivity index (χ0) is 17.4. The number of carbonyl (C=O) groups is 2. The number of carbonyl (C=O) groups excluding carboxylic acids is 2. The number of aryl methyl sites for hydroxylation is 2. The zero-order valence-corrected chi connectivity index (χ0v) is 13.7. The van der Waals surface area contributed by atoms with E-state index >= 15 is 0 Å². The molecule has 24 heavy (non-hydrogen) atoms. The first kappa shape index (κ1) is 15.9. The molecule has 1 heterocycles. The van der Waals surface area contributed by atoms with Crippen molar-refractivity contribution in [1.82, 2.24) is 4.90 Å². The van der Waals surface area contributed by atoms with Crippen LogP contribution in [0, 0.1) is 19.7 Å². The highest BCUT2D eigenvalue weighted by molar-refractivity contribution is 6.36. The molecular weight excluding hydrogens is 307 g/mol. The van der Waals surface area contributed by atoms with Gasteiger partial charge >= 0.3 is 0 Å². The molecule has 0 radical (unpaired) electrons. The van der Waals surface area contributed by atoms with Gasteiger partial charge in [0.25, 0.3) is 11.8 Å². The lowest BCUT2D eigenvalue weighted by molar-refractivity contribution is -0.135. The molecule has 2 aromatic rings. The molecule has 0 saturated heterocycles. The topological polar surface area (TPSA) is 49.4 Å². The summed E-state index contributed by atoms with van der Waals surface area (Å²) in [7, 11) is 1.45. The van der Waals surface area contributed by atoms with Gasteiger partial charge in [-0.15, -0.1) is 0 Å². The van der Waals surface area contributed by atoms with Crippen LogP contribution in [-0.4, -0.2) is 23.8 Å². The van der Waals surface area contributed by atoms with Crippen LogP contribution in [0.15, 0.2) is 48.2 Å².